The molecular formula is C11H10N4. The SMILES string of the molecule is Cn1nc2ccccc2c1-c1cnc[nH]1. The van der Waals surface area contributed by atoms with Gasteiger partial charge in [0.1, 0.15) is 0 Å². The maximum absolute atomic E-state index is 4.44. The van der Waals surface area contributed by atoms with Gasteiger partial charge in [0.05, 0.1) is 29.4 Å². The number of nitrogens with zero attached hydrogens (tertiary/aromatic N) is 3. The topological polar surface area (TPSA) is 46.5 Å². The fraction of sp³-hybridized carbons (Fsp3) is 0.0909. The van der Waals surface area contributed by atoms with Crippen LogP contribution in [0.2, 0.25) is 0 Å². The van der Waals surface area contributed by atoms with E-state index in [9.17, 15) is 0 Å². The molecule has 2 aromatic heterocycles. The molecule has 0 saturated carbocycles. The van der Waals surface area contributed by atoms with E-state index < -0.39 is 0 Å². The summed E-state index contributed by atoms with van der Waals surface area (Å²) in [5.41, 5.74) is 3.07. The molecule has 0 aliphatic heterocycles. The fourth-order valence-corrected chi connectivity index (χ4v) is 1.85. The van der Waals surface area contributed by atoms with Crippen molar-refractivity contribution in [3.63, 3.8) is 0 Å². The van der Waals surface area contributed by atoms with Crippen LogP contribution in [0.3, 0.4) is 0 Å². The van der Waals surface area contributed by atoms with Gasteiger partial charge < -0.3 is 4.98 Å². The van der Waals surface area contributed by atoms with Gasteiger partial charge in [-0.2, -0.15) is 5.10 Å². The van der Waals surface area contributed by atoms with E-state index in [-0.39, 0.29) is 0 Å². The molecular weight excluding hydrogens is 188 g/mol. The predicted octanol–water partition coefficient (Wildman–Crippen LogP) is 1.96. The van der Waals surface area contributed by atoms with Gasteiger partial charge >= 0.3 is 0 Å². The van der Waals surface area contributed by atoms with Crippen molar-refractivity contribution >= 4 is 10.9 Å². The van der Waals surface area contributed by atoms with E-state index in [2.05, 4.69) is 21.1 Å². The third-order valence-corrected chi connectivity index (χ3v) is 2.49. The van der Waals surface area contributed by atoms with Crippen molar-refractivity contribution in [3.05, 3.63) is 36.8 Å². The van der Waals surface area contributed by atoms with E-state index in [1.165, 1.54) is 0 Å². The van der Waals surface area contributed by atoms with Gasteiger partial charge in [0.15, 0.2) is 0 Å². The van der Waals surface area contributed by atoms with Gasteiger partial charge in [-0.15, -0.1) is 0 Å². The van der Waals surface area contributed by atoms with Gasteiger partial charge in [0, 0.05) is 12.4 Å². The van der Waals surface area contributed by atoms with Crippen LogP contribution in [0, 0.1) is 0 Å². The number of aromatic amines is 1. The Morgan fingerprint density at radius 3 is 2.93 bits per heavy atom. The minimum atomic E-state index is 0.992. The van der Waals surface area contributed by atoms with Gasteiger partial charge in [-0.05, 0) is 6.07 Å². The first-order chi connectivity index (χ1) is 7.36. The summed E-state index contributed by atoms with van der Waals surface area (Å²) in [4.78, 5) is 7.13. The summed E-state index contributed by atoms with van der Waals surface area (Å²) < 4.78 is 1.87. The second-order valence-corrected chi connectivity index (χ2v) is 3.45. The Bertz CT molecular complexity index is 592. The Balaban J connectivity index is 2.39. The maximum Gasteiger partial charge on any atom is 0.0936 e. The standard InChI is InChI=1S/C11H10N4/c1-15-11(10-6-12-7-13-10)8-4-2-3-5-9(8)14-15/h2-7H,1H3,(H,12,13). The molecule has 74 valence electrons. The Labute approximate surface area is 86.6 Å². The summed E-state index contributed by atoms with van der Waals surface area (Å²) in [7, 11) is 1.94. The zero-order valence-electron chi connectivity index (χ0n) is 8.31. The van der Waals surface area contributed by atoms with Gasteiger partial charge in [-0.25, -0.2) is 4.98 Å². The molecule has 0 aliphatic rings. The molecule has 0 bridgehead atoms. The fourth-order valence-electron chi connectivity index (χ4n) is 1.85. The number of hydrogen-bond acceptors (Lipinski definition) is 2. The largest absolute Gasteiger partial charge is 0.343 e. The Morgan fingerprint density at radius 1 is 1.27 bits per heavy atom. The van der Waals surface area contributed by atoms with Crippen LogP contribution in [-0.2, 0) is 7.05 Å². The zero-order chi connectivity index (χ0) is 10.3. The molecule has 1 N–H and O–H groups in total. The van der Waals surface area contributed by atoms with Crippen molar-refractivity contribution in [2.24, 2.45) is 7.05 Å². The van der Waals surface area contributed by atoms with Crippen molar-refractivity contribution in [3.8, 4) is 11.4 Å². The quantitative estimate of drug-likeness (QED) is 0.649. The van der Waals surface area contributed by atoms with Crippen LogP contribution in [0.1, 0.15) is 0 Å². The number of benzene rings is 1. The van der Waals surface area contributed by atoms with Gasteiger partial charge in [-0.3, -0.25) is 4.68 Å². The second-order valence-electron chi connectivity index (χ2n) is 3.45. The molecule has 0 fully saturated rings. The van der Waals surface area contributed by atoms with Crippen LogP contribution in [0.5, 0.6) is 0 Å². The number of aryl methyl sites for hydroxylation is 1. The number of rotatable bonds is 1. The summed E-state index contributed by atoms with van der Waals surface area (Å²) >= 11 is 0. The van der Waals surface area contributed by atoms with E-state index >= 15 is 0 Å². The number of nitrogens with one attached hydrogen (secondary N) is 1. The lowest BCUT2D eigenvalue weighted by Gasteiger charge is -1.97. The van der Waals surface area contributed by atoms with E-state index in [0.29, 0.717) is 0 Å². The average Bonchev–Trinajstić information content (AvgIpc) is 2.82. The van der Waals surface area contributed by atoms with E-state index in [1.54, 1.807) is 6.33 Å². The van der Waals surface area contributed by atoms with Gasteiger partial charge in [-0.1, -0.05) is 18.2 Å². The normalized spacial score (nSPS) is 11.0. The van der Waals surface area contributed by atoms with E-state index in [0.717, 1.165) is 22.3 Å². The highest BCUT2D eigenvalue weighted by Gasteiger charge is 2.10. The van der Waals surface area contributed by atoms with E-state index in [4.69, 9.17) is 0 Å². The zero-order valence-corrected chi connectivity index (χ0v) is 8.31. The number of H-pyrrole nitrogens is 1. The smallest absolute Gasteiger partial charge is 0.0936 e. The molecule has 0 amide bonds. The van der Waals surface area contributed by atoms with Crippen molar-refractivity contribution in [1.29, 1.82) is 0 Å². The van der Waals surface area contributed by atoms with Crippen LogP contribution in [-0.4, -0.2) is 19.7 Å². The molecule has 0 saturated heterocycles. The van der Waals surface area contributed by atoms with Crippen LogP contribution < -0.4 is 0 Å². The minimum Gasteiger partial charge on any atom is -0.343 e. The molecule has 0 spiro atoms. The molecule has 4 nitrogen and oxygen atoms in total. The van der Waals surface area contributed by atoms with Crippen molar-refractivity contribution in [1.82, 2.24) is 19.7 Å². The van der Waals surface area contributed by atoms with Crippen LogP contribution in [0.25, 0.3) is 22.3 Å². The lowest BCUT2D eigenvalue weighted by atomic mass is 10.2. The minimum absolute atomic E-state index is 0.992. The molecule has 4 heteroatoms. The van der Waals surface area contributed by atoms with Crippen LogP contribution in [0.4, 0.5) is 0 Å². The monoisotopic (exact) mass is 198 g/mol. The molecule has 3 aromatic rings. The Hall–Kier alpha value is -2.10. The predicted molar refractivity (Wildman–Crippen MR) is 58.3 cm³/mol. The summed E-state index contributed by atoms with van der Waals surface area (Å²) in [5, 5.41) is 5.58. The highest BCUT2D eigenvalue weighted by Crippen LogP contribution is 2.25. The molecule has 0 radical (unpaired) electrons. The molecule has 3 rings (SSSR count). The van der Waals surface area contributed by atoms with Crippen molar-refractivity contribution in [2.75, 3.05) is 0 Å². The molecule has 1 aromatic carbocycles. The number of fused-ring (bicyclic) bond motifs is 1. The van der Waals surface area contributed by atoms with Crippen LogP contribution in [0.15, 0.2) is 36.8 Å². The highest BCUT2D eigenvalue weighted by atomic mass is 15.3. The Kier molecular flexibility index (Phi) is 1.62. The highest BCUT2D eigenvalue weighted by molar-refractivity contribution is 5.92. The van der Waals surface area contributed by atoms with E-state index in [1.807, 2.05) is 36.1 Å². The summed E-state index contributed by atoms with van der Waals surface area (Å²) in [6.45, 7) is 0. The summed E-state index contributed by atoms with van der Waals surface area (Å²) in [6.07, 6.45) is 3.49. The van der Waals surface area contributed by atoms with Crippen LogP contribution >= 0.6 is 0 Å². The lowest BCUT2D eigenvalue weighted by Crippen LogP contribution is -1.93. The average molecular weight is 198 g/mol. The first kappa shape index (κ1) is 8.23. The third-order valence-electron chi connectivity index (χ3n) is 2.49. The third kappa shape index (κ3) is 1.15. The summed E-state index contributed by atoms with van der Waals surface area (Å²) in [5.74, 6) is 0. The second kappa shape index (κ2) is 2.95. The lowest BCUT2D eigenvalue weighted by molar-refractivity contribution is 0.786. The number of aromatic nitrogens is 4. The van der Waals surface area contributed by atoms with Gasteiger partial charge in [0.2, 0.25) is 0 Å². The first-order valence-electron chi connectivity index (χ1n) is 4.77. The molecule has 2 heterocycles. The number of imidazole rings is 1. The summed E-state index contributed by atoms with van der Waals surface area (Å²) in [6, 6.07) is 8.09. The molecule has 0 atom stereocenters. The van der Waals surface area contributed by atoms with Crippen molar-refractivity contribution in [2.45, 2.75) is 0 Å². The Morgan fingerprint density at radius 2 is 2.13 bits per heavy atom. The maximum atomic E-state index is 4.44. The van der Waals surface area contributed by atoms with Crippen molar-refractivity contribution < 1.29 is 0 Å². The molecule has 0 unspecified atom stereocenters. The first-order valence-corrected chi connectivity index (χ1v) is 4.77. The molecule has 0 aliphatic carbocycles. The van der Waals surface area contributed by atoms with Gasteiger partial charge in [0.25, 0.3) is 0 Å². The number of hydrogen-bond donors (Lipinski definition) is 1. The molecule has 15 heavy (non-hydrogen) atoms.